The van der Waals surface area contributed by atoms with Crippen LogP contribution in [0.3, 0.4) is 0 Å². The van der Waals surface area contributed by atoms with Crippen LogP contribution in [0.25, 0.3) is 22.8 Å². The molecule has 146 valence electrons. The summed E-state index contributed by atoms with van der Waals surface area (Å²) >= 11 is 0. The Balaban J connectivity index is 1.85. The van der Waals surface area contributed by atoms with Crippen LogP contribution in [-0.4, -0.2) is 34.2 Å². The van der Waals surface area contributed by atoms with Crippen LogP contribution in [0.15, 0.2) is 82.7 Å². The molecule has 0 atom stereocenters. The van der Waals surface area contributed by atoms with Crippen LogP contribution >= 0.6 is 0 Å². The third-order valence-corrected chi connectivity index (χ3v) is 5.37. The second kappa shape index (κ2) is 7.10. The Labute approximate surface area is 165 Å². The molecule has 0 spiro atoms. The van der Waals surface area contributed by atoms with Crippen LogP contribution in [0.2, 0.25) is 0 Å². The number of hydrogen-bond acceptors (Lipinski definition) is 5. The predicted molar refractivity (Wildman–Crippen MR) is 105 cm³/mol. The highest BCUT2D eigenvalue weighted by Crippen LogP contribution is 2.20. The Bertz CT molecular complexity index is 1380. The molecule has 2 aromatic carbocycles. The predicted octanol–water partition coefficient (Wildman–Crippen LogP) is 2.63. The quantitative estimate of drug-likeness (QED) is 0.516. The van der Waals surface area contributed by atoms with E-state index in [2.05, 4.69) is 10.2 Å². The zero-order chi connectivity index (χ0) is 20.6. The maximum atomic E-state index is 13.6. The number of halogens is 1. The van der Waals surface area contributed by atoms with E-state index in [1.807, 2.05) is 0 Å². The van der Waals surface area contributed by atoms with Gasteiger partial charge in [0, 0.05) is 18.5 Å². The monoisotopic (exact) mass is 410 g/mol. The van der Waals surface area contributed by atoms with Crippen LogP contribution in [0.5, 0.6) is 0 Å². The summed E-state index contributed by atoms with van der Waals surface area (Å²) in [6.45, 7) is 0. The third-order valence-electron chi connectivity index (χ3n) is 4.26. The van der Waals surface area contributed by atoms with Crippen molar-refractivity contribution < 1.29 is 12.8 Å². The van der Waals surface area contributed by atoms with Gasteiger partial charge in [0.25, 0.3) is 0 Å². The van der Waals surface area contributed by atoms with Gasteiger partial charge in [-0.15, -0.1) is 0 Å². The minimum Gasteiger partial charge on any atom is -0.287 e. The van der Waals surface area contributed by atoms with Gasteiger partial charge in [0.2, 0.25) is 5.43 Å². The van der Waals surface area contributed by atoms with Gasteiger partial charge in [-0.3, -0.25) is 4.79 Å². The van der Waals surface area contributed by atoms with E-state index in [1.54, 1.807) is 30.3 Å². The van der Waals surface area contributed by atoms with Gasteiger partial charge in [-0.1, -0.05) is 12.1 Å². The van der Waals surface area contributed by atoms with Crippen molar-refractivity contribution in [1.82, 2.24) is 19.6 Å². The number of sulfone groups is 1. The van der Waals surface area contributed by atoms with E-state index in [1.165, 1.54) is 52.1 Å². The normalized spacial score (nSPS) is 11.5. The molecule has 0 aliphatic rings. The molecular weight excluding hydrogens is 395 g/mol. The van der Waals surface area contributed by atoms with Crippen LogP contribution < -0.4 is 5.43 Å². The van der Waals surface area contributed by atoms with Crippen LogP contribution in [0.1, 0.15) is 0 Å². The number of benzene rings is 2. The molecule has 4 aromatic rings. The second-order valence-electron chi connectivity index (χ2n) is 6.35. The van der Waals surface area contributed by atoms with Crippen LogP contribution in [0.4, 0.5) is 4.39 Å². The summed E-state index contributed by atoms with van der Waals surface area (Å²) in [4.78, 5) is 12.6. The van der Waals surface area contributed by atoms with Crippen molar-refractivity contribution in [1.29, 1.82) is 0 Å². The van der Waals surface area contributed by atoms with E-state index in [0.717, 1.165) is 6.26 Å². The summed E-state index contributed by atoms with van der Waals surface area (Å²) in [6.07, 6.45) is 4.06. The van der Waals surface area contributed by atoms with E-state index < -0.39 is 15.7 Å². The number of hydrogen-bond donors (Lipinski definition) is 0. The molecule has 4 rings (SSSR count). The van der Waals surface area contributed by atoms with E-state index in [9.17, 15) is 17.6 Å². The second-order valence-corrected chi connectivity index (χ2v) is 8.37. The van der Waals surface area contributed by atoms with Gasteiger partial charge in [-0.05, 0) is 42.5 Å². The first-order valence-electron chi connectivity index (χ1n) is 8.54. The summed E-state index contributed by atoms with van der Waals surface area (Å²) in [7, 11) is -3.39. The van der Waals surface area contributed by atoms with E-state index in [0.29, 0.717) is 17.1 Å². The zero-order valence-electron chi connectivity index (χ0n) is 15.2. The van der Waals surface area contributed by atoms with Gasteiger partial charge in [-0.2, -0.15) is 10.2 Å². The van der Waals surface area contributed by atoms with Crippen molar-refractivity contribution in [2.75, 3.05) is 6.26 Å². The van der Waals surface area contributed by atoms with Crippen molar-refractivity contribution in [2.24, 2.45) is 0 Å². The van der Waals surface area contributed by atoms with Gasteiger partial charge in [0.1, 0.15) is 5.82 Å². The lowest BCUT2D eigenvalue weighted by atomic mass is 10.2. The Morgan fingerprint density at radius 2 is 1.72 bits per heavy atom. The summed E-state index contributed by atoms with van der Waals surface area (Å²) < 4.78 is 40.1. The van der Waals surface area contributed by atoms with Crippen molar-refractivity contribution in [2.45, 2.75) is 4.90 Å². The van der Waals surface area contributed by atoms with Gasteiger partial charge in [0.15, 0.2) is 15.5 Å². The lowest BCUT2D eigenvalue weighted by Crippen LogP contribution is -2.15. The van der Waals surface area contributed by atoms with Crippen LogP contribution in [0, 0.1) is 5.82 Å². The molecule has 0 amide bonds. The van der Waals surface area contributed by atoms with Crippen LogP contribution in [-0.2, 0) is 9.84 Å². The molecule has 0 radical (unpaired) electrons. The third kappa shape index (κ3) is 3.72. The van der Waals surface area contributed by atoms with E-state index in [4.69, 9.17) is 0 Å². The standard InChI is InChI=1S/C20H15FN4O3S/c1-29(27,28)17-7-3-5-15(13-17)24-11-9-19(26)20(23-24)18-8-10-22-25(18)16-6-2-4-14(21)12-16/h2-13H,1H3. The molecule has 0 unspecified atom stereocenters. The molecular formula is C20H15FN4O3S. The molecule has 2 aromatic heterocycles. The Morgan fingerprint density at radius 1 is 0.966 bits per heavy atom. The van der Waals surface area contributed by atoms with Gasteiger partial charge >= 0.3 is 0 Å². The molecule has 0 fully saturated rings. The first-order valence-corrected chi connectivity index (χ1v) is 10.4. The smallest absolute Gasteiger partial charge is 0.209 e. The average molecular weight is 410 g/mol. The van der Waals surface area contributed by atoms with Crippen molar-refractivity contribution in [3.8, 4) is 22.8 Å². The highest BCUT2D eigenvalue weighted by atomic mass is 32.2. The molecule has 2 heterocycles. The fourth-order valence-electron chi connectivity index (χ4n) is 2.88. The summed E-state index contributed by atoms with van der Waals surface area (Å²) in [5.41, 5.74) is 1.05. The maximum absolute atomic E-state index is 13.6. The molecule has 7 nitrogen and oxygen atoms in total. The van der Waals surface area contributed by atoms with Crippen molar-refractivity contribution in [3.05, 3.63) is 89.1 Å². The van der Waals surface area contributed by atoms with E-state index in [-0.39, 0.29) is 16.0 Å². The molecule has 0 N–H and O–H groups in total. The molecule has 0 saturated heterocycles. The molecule has 9 heteroatoms. The summed E-state index contributed by atoms with van der Waals surface area (Å²) in [6, 6.07) is 15.0. The van der Waals surface area contributed by atoms with E-state index >= 15 is 0 Å². The average Bonchev–Trinajstić information content (AvgIpc) is 3.17. The molecule has 0 aliphatic carbocycles. The van der Waals surface area contributed by atoms with Gasteiger partial charge < -0.3 is 0 Å². The minimum atomic E-state index is -3.39. The molecule has 0 bridgehead atoms. The fraction of sp³-hybridized carbons (Fsp3) is 0.0500. The fourth-order valence-corrected chi connectivity index (χ4v) is 3.54. The Morgan fingerprint density at radius 3 is 2.48 bits per heavy atom. The molecule has 29 heavy (non-hydrogen) atoms. The highest BCUT2D eigenvalue weighted by Gasteiger charge is 2.15. The first-order chi connectivity index (χ1) is 13.8. The maximum Gasteiger partial charge on any atom is 0.209 e. The lowest BCUT2D eigenvalue weighted by Gasteiger charge is -2.10. The van der Waals surface area contributed by atoms with Crippen molar-refractivity contribution in [3.63, 3.8) is 0 Å². The number of nitrogens with zero attached hydrogens (tertiary/aromatic N) is 4. The highest BCUT2D eigenvalue weighted by molar-refractivity contribution is 7.90. The van der Waals surface area contributed by atoms with Crippen molar-refractivity contribution >= 4 is 9.84 Å². The number of aromatic nitrogens is 4. The minimum absolute atomic E-state index is 0.0963. The first kappa shape index (κ1) is 18.8. The SMILES string of the molecule is CS(=O)(=O)c1cccc(-n2ccc(=O)c(-c3ccnn3-c3cccc(F)c3)n2)c1. The largest absolute Gasteiger partial charge is 0.287 e. The summed E-state index contributed by atoms with van der Waals surface area (Å²) in [5, 5.41) is 8.55. The molecule has 0 saturated carbocycles. The molecule has 0 aliphatic heterocycles. The lowest BCUT2D eigenvalue weighted by molar-refractivity contribution is 0.601. The zero-order valence-corrected chi connectivity index (χ0v) is 16.0. The van der Waals surface area contributed by atoms with Gasteiger partial charge in [-0.25, -0.2) is 22.2 Å². The number of rotatable bonds is 4. The summed E-state index contributed by atoms with van der Waals surface area (Å²) in [5.74, 6) is -0.431. The van der Waals surface area contributed by atoms with Gasteiger partial charge in [0.05, 0.1) is 28.2 Å². The topological polar surface area (TPSA) is 86.9 Å². The Kier molecular flexibility index (Phi) is 4.59. The Hall–Kier alpha value is -3.59.